The van der Waals surface area contributed by atoms with Gasteiger partial charge >= 0.3 is 0 Å². The summed E-state index contributed by atoms with van der Waals surface area (Å²) in [4.78, 5) is 11.9. The largest absolute Gasteiger partial charge is 0.477 e. The Morgan fingerprint density at radius 2 is 1.94 bits per heavy atom. The fourth-order valence-electron chi connectivity index (χ4n) is 1.98. The molecule has 1 aliphatic heterocycles. The number of anilines is 1. The lowest BCUT2D eigenvalue weighted by atomic mass is 10.0. The zero-order valence-corrected chi connectivity index (χ0v) is 12.7. The minimum Gasteiger partial charge on any atom is -0.477 e. The third kappa shape index (κ3) is 2.39. The fourth-order valence-corrected chi connectivity index (χ4v) is 2.55. The summed E-state index contributed by atoms with van der Waals surface area (Å²) in [5.74, 6) is 1.23. The predicted molar refractivity (Wildman–Crippen MR) is 76.1 cm³/mol. The summed E-state index contributed by atoms with van der Waals surface area (Å²) in [5, 5.41) is 2.93. The van der Waals surface area contributed by atoms with E-state index in [0.717, 1.165) is 15.9 Å². The van der Waals surface area contributed by atoms with Crippen LogP contribution in [0.5, 0.6) is 5.75 Å². The van der Waals surface area contributed by atoms with Crippen LogP contribution in [0.25, 0.3) is 0 Å². The highest BCUT2D eigenvalue weighted by Crippen LogP contribution is 2.40. The van der Waals surface area contributed by atoms with Gasteiger partial charge in [-0.25, -0.2) is 0 Å². The summed E-state index contributed by atoms with van der Waals surface area (Å²) < 4.78 is 6.71. The molecule has 0 fully saturated rings. The maximum Gasteiger partial charge on any atom is 0.265 e. The van der Waals surface area contributed by atoms with Crippen molar-refractivity contribution in [1.82, 2.24) is 0 Å². The quantitative estimate of drug-likeness (QED) is 0.898. The molecule has 18 heavy (non-hydrogen) atoms. The number of amides is 1. The van der Waals surface area contributed by atoms with Gasteiger partial charge in [0.2, 0.25) is 0 Å². The number of ether oxygens (including phenoxy) is 1. The van der Waals surface area contributed by atoms with E-state index in [9.17, 15) is 4.79 Å². The van der Waals surface area contributed by atoms with Gasteiger partial charge < -0.3 is 10.1 Å². The first-order valence-corrected chi connectivity index (χ1v) is 7.00. The Morgan fingerprint density at radius 1 is 1.28 bits per heavy atom. The van der Waals surface area contributed by atoms with Crippen LogP contribution in [0.2, 0.25) is 0 Å². The zero-order chi connectivity index (χ0) is 13.4. The molecule has 4 heteroatoms. The molecule has 1 aromatic rings. The Balaban J connectivity index is 2.43. The number of halogens is 1. The second-order valence-electron chi connectivity index (χ2n) is 5.31. The lowest BCUT2D eigenvalue weighted by Gasteiger charge is -2.29. The average Bonchev–Trinajstić information content (AvgIpc) is 2.27. The van der Waals surface area contributed by atoms with Gasteiger partial charge in [-0.3, -0.25) is 4.79 Å². The summed E-state index contributed by atoms with van der Waals surface area (Å²) >= 11 is 3.52. The molecule has 1 aromatic carbocycles. The van der Waals surface area contributed by atoms with Crippen LogP contribution in [-0.4, -0.2) is 12.0 Å². The highest BCUT2D eigenvalue weighted by Gasteiger charge is 2.31. The van der Waals surface area contributed by atoms with Crippen molar-refractivity contribution in [2.24, 2.45) is 5.92 Å². The minimum atomic E-state index is -0.418. The third-order valence-electron chi connectivity index (χ3n) is 3.10. The van der Waals surface area contributed by atoms with Gasteiger partial charge in [0.05, 0.1) is 10.2 Å². The van der Waals surface area contributed by atoms with E-state index in [1.165, 1.54) is 5.56 Å². The molecule has 2 rings (SSSR count). The van der Waals surface area contributed by atoms with Gasteiger partial charge in [-0.2, -0.15) is 0 Å². The first-order chi connectivity index (χ1) is 8.40. The van der Waals surface area contributed by atoms with E-state index < -0.39 is 6.10 Å². The van der Waals surface area contributed by atoms with Crippen LogP contribution in [0.3, 0.4) is 0 Å². The van der Waals surface area contributed by atoms with E-state index in [2.05, 4.69) is 41.2 Å². The average molecular weight is 312 g/mol. The smallest absolute Gasteiger partial charge is 0.265 e. The number of hydrogen-bond donors (Lipinski definition) is 1. The summed E-state index contributed by atoms with van der Waals surface area (Å²) in [6.45, 7) is 8.20. The Kier molecular flexibility index (Phi) is 3.66. The number of hydrogen-bond acceptors (Lipinski definition) is 2. The maximum atomic E-state index is 11.9. The predicted octanol–water partition coefficient (Wildman–Crippen LogP) is 3.93. The molecule has 98 valence electrons. The molecule has 0 bridgehead atoms. The van der Waals surface area contributed by atoms with Crippen LogP contribution in [0.1, 0.15) is 39.2 Å². The van der Waals surface area contributed by atoms with Gasteiger partial charge in [0.1, 0.15) is 0 Å². The van der Waals surface area contributed by atoms with E-state index in [1.807, 2.05) is 19.9 Å². The second kappa shape index (κ2) is 4.92. The van der Waals surface area contributed by atoms with E-state index in [0.29, 0.717) is 5.92 Å². The van der Waals surface area contributed by atoms with Crippen molar-refractivity contribution in [3.63, 3.8) is 0 Å². The normalized spacial score (nSPS) is 18.6. The van der Waals surface area contributed by atoms with Crippen LogP contribution in [0.4, 0.5) is 5.69 Å². The molecule has 1 atom stereocenters. The van der Waals surface area contributed by atoms with Crippen molar-refractivity contribution in [3.8, 4) is 5.75 Å². The topological polar surface area (TPSA) is 38.3 Å². The summed E-state index contributed by atoms with van der Waals surface area (Å²) in [6.07, 6.45) is -0.418. The zero-order valence-electron chi connectivity index (χ0n) is 11.1. The van der Waals surface area contributed by atoms with Gasteiger partial charge in [0, 0.05) is 0 Å². The number of fused-ring (bicyclic) bond motifs is 1. The molecule has 1 aliphatic rings. The van der Waals surface area contributed by atoms with E-state index >= 15 is 0 Å². The van der Waals surface area contributed by atoms with Crippen LogP contribution < -0.4 is 10.1 Å². The highest BCUT2D eigenvalue weighted by atomic mass is 79.9. The Labute approximate surface area is 116 Å². The van der Waals surface area contributed by atoms with Crippen molar-refractivity contribution in [2.75, 3.05) is 5.32 Å². The first-order valence-electron chi connectivity index (χ1n) is 6.21. The highest BCUT2D eigenvalue weighted by molar-refractivity contribution is 9.10. The number of carbonyl (C=O) groups excluding carboxylic acids is 1. The van der Waals surface area contributed by atoms with Gasteiger partial charge in [-0.15, -0.1) is 0 Å². The molecule has 0 aromatic heterocycles. The SMILES string of the molecule is CC(C)c1cc(Br)c2c(c1)NC(=O)C(C(C)C)O2. The summed E-state index contributed by atoms with van der Waals surface area (Å²) in [5.41, 5.74) is 1.93. The van der Waals surface area contributed by atoms with Crippen LogP contribution >= 0.6 is 15.9 Å². The van der Waals surface area contributed by atoms with Gasteiger partial charge in [-0.1, -0.05) is 27.7 Å². The van der Waals surface area contributed by atoms with E-state index in [-0.39, 0.29) is 11.8 Å². The fraction of sp³-hybridized carbons (Fsp3) is 0.500. The molecule has 1 unspecified atom stereocenters. The number of nitrogens with one attached hydrogen (secondary N) is 1. The summed E-state index contributed by atoms with van der Waals surface area (Å²) in [6, 6.07) is 4.04. The Bertz CT molecular complexity index is 483. The third-order valence-corrected chi connectivity index (χ3v) is 3.69. The monoisotopic (exact) mass is 311 g/mol. The van der Waals surface area contributed by atoms with Crippen molar-refractivity contribution in [3.05, 3.63) is 22.2 Å². The van der Waals surface area contributed by atoms with Crippen molar-refractivity contribution < 1.29 is 9.53 Å². The standard InChI is InChI=1S/C14H18BrNO2/c1-7(2)9-5-10(15)13-11(6-9)16-14(17)12(18-13)8(3)4/h5-8,12H,1-4H3,(H,16,17). The maximum absolute atomic E-state index is 11.9. The minimum absolute atomic E-state index is 0.0645. The first kappa shape index (κ1) is 13.4. The van der Waals surface area contributed by atoms with Crippen LogP contribution in [0.15, 0.2) is 16.6 Å². The van der Waals surface area contributed by atoms with E-state index in [1.54, 1.807) is 0 Å². The Morgan fingerprint density at radius 3 is 2.50 bits per heavy atom. The van der Waals surface area contributed by atoms with Crippen LogP contribution in [-0.2, 0) is 4.79 Å². The molecule has 1 heterocycles. The number of carbonyl (C=O) groups is 1. The molecule has 0 radical (unpaired) electrons. The van der Waals surface area contributed by atoms with Crippen molar-refractivity contribution in [1.29, 1.82) is 0 Å². The van der Waals surface area contributed by atoms with Gasteiger partial charge in [-0.05, 0) is 45.5 Å². The Hall–Kier alpha value is -1.03. The van der Waals surface area contributed by atoms with Crippen molar-refractivity contribution in [2.45, 2.75) is 39.7 Å². The molecule has 0 spiro atoms. The van der Waals surface area contributed by atoms with Crippen molar-refractivity contribution >= 4 is 27.5 Å². The number of rotatable bonds is 2. The molecule has 3 nitrogen and oxygen atoms in total. The second-order valence-corrected chi connectivity index (χ2v) is 6.16. The lowest BCUT2D eigenvalue weighted by Crippen LogP contribution is -2.40. The number of benzene rings is 1. The molecular weight excluding hydrogens is 294 g/mol. The van der Waals surface area contributed by atoms with Crippen LogP contribution in [0, 0.1) is 5.92 Å². The van der Waals surface area contributed by atoms with E-state index in [4.69, 9.17) is 4.74 Å². The lowest BCUT2D eigenvalue weighted by molar-refractivity contribution is -0.125. The molecule has 0 aliphatic carbocycles. The molecule has 0 saturated carbocycles. The van der Waals surface area contributed by atoms with Gasteiger partial charge in [0.25, 0.3) is 5.91 Å². The molecule has 1 amide bonds. The molecule has 0 saturated heterocycles. The molecular formula is C14H18BrNO2. The summed E-state index contributed by atoms with van der Waals surface area (Å²) in [7, 11) is 0. The molecule has 1 N–H and O–H groups in total. The van der Waals surface area contributed by atoms with Gasteiger partial charge in [0.15, 0.2) is 11.9 Å².